The summed E-state index contributed by atoms with van der Waals surface area (Å²) in [4.78, 5) is 24.9. The van der Waals surface area contributed by atoms with Crippen molar-refractivity contribution in [2.75, 3.05) is 5.32 Å². The van der Waals surface area contributed by atoms with Crippen LogP contribution in [0.25, 0.3) is 0 Å². The fraction of sp³-hybridized carbons (Fsp3) is 0.300. The number of hydrogen-bond acceptors (Lipinski definition) is 4. The van der Waals surface area contributed by atoms with Gasteiger partial charge in [-0.3, -0.25) is 9.59 Å². The first-order chi connectivity index (χ1) is 13.0. The second kappa shape index (κ2) is 7.35. The van der Waals surface area contributed by atoms with E-state index in [-0.39, 0.29) is 39.1 Å². The number of carbonyl (C=O) groups is 2. The van der Waals surface area contributed by atoms with Gasteiger partial charge in [-0.2, -0.15) is 0 Å². The van der Waals surface area contributed by atoms with Gasteiger partial charge in [0.1, 0.15) is 17.2 Å². The molecule has 1 aliphatic rings. The summed E-state index contributed by atoms with van der Waals surface area (Å²) in [5.74, 6) is -1.23. The van der Waals surface area contributed by atoms with Crippen LogP contribution >= 0.6 is 23.2 Å². The third-order valence-corrected chi connectivity index (χ3v) is 5.60. The van der Waals surface area contributed by atoms with Gasteiger partial charge >= 0.3 is 0 Å². The van der Waals surface area contributed by atoms with Crippen molar-refractivity contribution in [3.05, 3.63) is 56.8 Å². The van der Waals surface area contributed by atoms with Gasteiger partial charge < -0.3 is 15.2 Å². The van der Waals surface area contributed by atoms with Crippen LogP contribution in [0.3, 0.4) is 0 Å². The first kappa shape index (κ1) is 20.6. The van der Waals surface area contributed by atoms with Crippen molar-refractivity contribution in [2.24, 2.45) is 0 Å². The average Bonchev–Trinajstić information content (AvgIpc) is 2.60. The van der Waals surface area contributed by atoms with Crippen LogP contribution in [0, 0.1) is 5.82 Å². The van der Waals surface area contributed by atoms with Crippen molar-refractivity contribution in [1.82, 2.24) is 0 Å². The Bertz CT molecular complexity index is 991. The molecule has 0 fully saturated rings. The molecule has 1 atom stereocenters. The predicted molar refractivity (Wildman–Crippen MR) is 105 cm³/mol. The first-order valence-corrected chi connectivity index (χ1v) is 9.27. The van der Waals surface area contributed by atoms with E-state index in [2.05, 4.69) is 5.32 Å². The monoisotopic (exact) mass is 425 g/mol. The molecule has 0 unspecified atom stereocenters. The minimum Gasteiger partial charge on any atom is -0.485 e. The Kier molecular flexibility index (Phi) is 5.40. The van der Waals surface area contributed by atoms with E-state index in [0.29, 0.717) is 11.3 Å². The largest absolute Gasteiger partial charge is 0.485 e. The number of anilines is 1. The second-order valence-electron chi connectivity index (χ2n) is 7.12. The molecule has 5 nitrogen and oxygen atoms in total. The van der Waals surface area contributed by atoms with Crippen molar-refractivity contribution in [3.8, 4) is 5.75 Å². The quantitative estimate of drug-likeness (QED) is 0.553. The van der Waals surface area contributed by atoms with Gasteiger partial charge in [0.2, 0.25) is 0 Å². The molecule has 0 radical (unpaired) electrons. The van der Waals surface area contributed by atoms with Gasteiger partial charge in [0.15, 0.2) is 5.78 Å². The topological polar surface area (TPSA) is 75.6 Å². The van der Waals surface area contributed by atoms with Gasteiger partial charge in [-0.1, -0.05) is 23.2 Å². The number of carbonyl (C=O) groups excluding carboxylic acids is 2. The number of ketones is 1. The number of amides is 1. The molecule has 8 heteroatoms. The Hall–Kier alpha value is -2.15. The number of rotatable bonds is 3. The third-order valence-electron chi connectivity index (χ3n) is 4.74. The van der Waals surface area contributed by atoms with Gasteiger partial charge in [0.05, 0.1) is 27.4 Å². The van der Waals surface area contributed by atoms with Gasteiger partial charge in [-0.15, -0.1) is 0 Å². The number of aliphatic hydroxyl groups is 1. The Balaban J connectivity index is 2.08. The third kappa shape index (κ3) is 3.60. The summed E-state index contributed by atoms with van der Waals surface area (Å²) in [6.07, 6.45) is -0.668. The SMILES string of the molecule is CC(=O)c1ccc2c(c1NC(=O)c1ccc(F)c(Cl)c1Cl)C[C@H](O)C(C)(C)O2. The molecule has 3 rings (SSSR count). The second-order valence-corrected chi connectivity index (χ2v) is 7.88. The lowest BCUT2D eigenvalue weighted by atomic mass is 9.88. The van der Waals surface area contributed by atoms with Crippen molar-refractivity contribution >= 4 is 40.6 Å². The molecule has 148 valence electrons. The zero-order valence-electron chi connectivity index (χ0n) is 15.4. The van der Waals surface area contributed by atoms with E-state index in [4.69, 9.17) is 27.9 Å². The van der Waals surface area contributed by atoms with Gasteiger partial charge in [0.25, 0.3) is 5.91 Å². The Morgan fingerprint density at radius 3 is 2.46 bits per heavy atom. The molecule has 0 spiro atoms. The fourth-order valence-corrected chi connectivity index (χ4v) is 3.44. The van der Waals surface area contributed by atoms with Crippen LogP contribution in [0.5, 0.6) is 5.75 Å². The molecule has 1 heterocycles. The van der Waals surface area contributed by atoms with Gasteiger partial charge in [0, 0.05) is 17.5 Å². The highest BCUT2D eigenvalue weighted by Crippen LogP contribution is 2.40. The van der Waals surface area contributed by atoms with Crippen LogP contribution in [-0.4, -0.2) is 28.5 Å². The molecule has 28 heavy (non-hydrogen) atoms. The number of benzene rings is 2. The summed E-state index contributed by atoms with van der Waals surface area (Å²) in [5.41, 5.74) is 0.114. The Morgan fingerprint density at radius 1 is 1.18 bits per heavy atom. The van der Waals surface area contributed by atoms with Crippen LogP contribution in [0.1, 0.15) is 47.1 Å². The molecule has 0 saturated heterocycles. The summed E-state index contributed by atoms with van der Waals surface area (Å²) in [6, 6.07) is 5.42. The van der Waals surface area contributed by atoms with E-state index < -0.39 is 23.4 Å². The maximum Gasteiger partial charge on any atom is 0.257 e. The molecule has 0 bridgehead atoms. The van der Waals surface area contributed by atoms with Gasteiger partial charge in [-0.25, -0.2) is 4.39 Å². The lowest BCUT2D eigenvalue weighted by Gasteiger charge is -2.38. The number of Topliss-reactive ketones (excluding diaryl/α,β-unsaturated/α-hetero) is 1. The summed E-state index contributed by atoms with van der Waals surface area (Å²) >= 11 is 11.8. The minimum atomic E-state index is -0.846. The van der Waals surface area contributed by atoms with Crippen LogP contribution in [0.2, 0.25) is 10.0 Å². The molecular formula is C20H18Cl2FNO4. The van der Waals surface area contributed by atoms with E-state index in [9.17, 15) is 19.1 Å². The van der Waals surface area contributed by atoms with Gasteiger partial charge in [-0.05, 0) is 45.0 Å². The van der Waals surface area contributed by atoms with Crippen LogP contribution in [0.4, 0.5) is 10.1 Å². The highest BCUT2D eigenvalue weighted by atomic mass is 35.5. The predicted octanol–water partition coefficient (Wildman–Crippen LogP) is 4.66. The normalized spacial score (nSPS) is 17.5. The van der Waals surface area contributed by atoms with E-state index in [1.807, 2.05) is 0 Å². The Labute approximate surface area is 171 Å². The number of hydrogen-bond donors (Lipinski definition) is 2. The molecule has 1 aliphatic heterocycles. The molecule has 2 aromatic rings. The summed E-state index contributed by atoms with van der Waals surface area (Å²) in [7, 11) is 0. The smallest absolute Gasteiger partial charge is 0.257 e. The minimum absolute atomic E-state index is 0.0437. The number of aliphatic hydroxyl groups excluding tert-OH is 1. The number of ether oxygens (including phenoxy) is 1. The molecular weight excluding hydrogens is 408 g/mol. The van der Waals surface area contributed by atoms with E-state index in [1.165, 1.54) is 13.0 Å². The average molecular weight is 426 g/mol. The van der Waals surface area contributed by atoms with Crippen molar-refractivity contribution < 1.29 is 23.8 Å². The number of fused-ring (bicyclic) bond motifs is 1. The molecule has 0 aromatic heterocycles. The zero-order chi connectivity index (χ0) is 20.8. The highest BCUT2D eigenvalue weighted by Gasteiger charge is 2.37. The Morgan fingerprint density at radius 2 is 1.82 bits per heavy atom. The fourth-order valence-electron chi connectivity index (χ4n) is 3.04. The van der Waals surface area contributed by atoms with Crippen molar-refractivity contribution in [3.63, 3.8) is 0 Å². The number of nitrogens with one attached hydrogen (secondary N) is 1. The maximum absolute atomic E-state index is 13.5. The standard InChI is InChI=1S/C20H18Cl2FNO4/c1-9(25)10-5-7-14-12(8-15(26)20(2,3)28-14)18(10)24-19(27)11-4-6-13(23)17(22)16(11)21/h4-7,15,26H,8H2,1-3H3,(H,24,27)/t15-/m0/s1. The summed E-state index contributed by atoms with van der Waals surface area (Å²) in [5, 5.41) is 12.5. The van der Waals surface area contributed by atoms with E-state index in [1.54, 1.807) is 26.0 Å². The number of halogens is 3. The molecule has 0 aliphatic carbocycles. The van der Waals surface area contributed by atoms with Crippen molar-refractivity contribution in [1.29, 1.82) is 0 Å². The maximum atomic E-state index is 13.5. The van der Waals surface area contributed by atoms with Crippen molar-refractivity contribution in [2.45, 2.75) is 38.9 Å². The first-order valence-electron chi connectivity index (χ1n) is 8.51. The summed E-state index contributed by atoms with van der Waals surface area (Å²) < 4.78 is 19.4. The van der Waals surface area contributed by atoms with E-state index in [0.717, 1.165) is 6.07 Å². The van der Waals surface area contributed by atoms with Crippen LogP contribution in [-0.2, 0) is 6.42 Å². The lowest BCUT2D eigenvalue weighted by Crippen LogP contribution is -2.46. The van der Waals surface area contributed by atoms with Crippen LogP contribution < -0.4 is 10.1 Å². The van der Waals surface area contributed by atoms with Crippen LogP contribution in [0.15, 0.2) is 24.3 Å². The molecule has 0 saturated carbocycles. The highest BCUT2D eigenvalue weighted by molar-refractivity contribution is 6.44. The molecule has 1 amide bonds. The zero-order valence-corrected chi connectivity index (χ0v) is 16.9. The molecule has 2 aromatic carbocycles. The summed E-state index contributed by atoms with van der Waals surface area (Å²) in [6.45, 7) is 4.86. The van der Waals surface area contributed by atoms with E-state index >= 15 is 0 Å². The molecule has 2 N–H and O–H groups in total. The lowest BCUT2D eigenvalue weighted by molar-refractivity contribution is -0.0409.